The molecule has 0 aliphatic rings. The number of thiol groups is 1. The summed E-state index contributed by atoms with van der Waals surface area (Å²) in [6, 6.07) is 0. The number of amides is 1. The van der Waals surface area contributed by atoms with Gasteiger partial charge in [-0.2, -0.15) is 12.6 Å². The van der Waals surface area contributed by atoms with E-state index in [1.165, 1.54) is 11.8 Å². The maximum absolute atomic E-state index is 11.5. The number of carbonyl (C=O) groups is 2. The van der Waals surface area contributed by atoms with E-state index in [1.807, 2.05) is 0 Å². The number of hydrogen-bond acceptors (Lipinski definition) is 4. The number of unbranched alkanes of at least 4 members (excludes halogenated alkanes) is 1. The lowest BCUT2D eigenvalue weighted by molar-refractivity contribution is -0.118. The van der Waals surface area contributed by atoms with Gasteiger partial charge in [0.2, 0.25) is 5.91 Å². The molecule has 0 bridgehead atoms. The third-order valence-corrected chi connectivity index (χ3v) is 3.94. The fourth-order valence-electron chi connectivity index (χ4n) is 1.52. The summed E-state index contributed by atoms with van der Waals surface area (Å²) in [5.41, 5.74) is 5.06. The van der Waals surface area contributed by atoms with Gasteiger partial charge in [0.15, 0.2) is 5.12 Å². The SMILES string of the molecule is CC(C)CC(=O)SCCC(S)CCCCC(N)=O. The Hall–Kier alpha value is -0.160. The van der Waals surface area contributed by atoms with E-state index in [1.54, 1.807) is 0 Å². The molecule has 0 saturated carbocycles. The molecule has 0 rings (SSSR count). The van der Waals surface area contributed by atoms with Gasteiger partial charge in [0.25, 0.3) is 0 Å². The third-order valence-electron chi connectivity index (χ3n) is 2.50. The lowest BCUT2D eigenvalue weighted by Gasteiger charge is -2.09. The van der Waals surface area contributed by atoms with E-state index in [9.17, 15) is 9.59 Å². The fraction of sp³-hybridized carbons (Fsp3) is 0.846. The van der Waals surface area contributed by atoms with E-state index < -0.39 is 0 Å². The van der Waals surface area contributed by atoms with Crippen molar-refractivity contribution in [1.82, 2.24) is 0 Å². The zero-order chi connectivity index (χ0) is 14.0. The van der Waals surface area contributed by atoms with Crippen molar-refractivity contribution in [3.8, 4) is 0 Å². The minimum absolute atomic E-state index is 0.236. The Labute approximate surface area is 120 Å². The van der Waals surface area contributed by atoms with Gasteiger partial charge in [0, 0.05) is 23.8 Å². The molecule has 106 valence electrons. The van der Waals surface area contributed by atoms with Crippen molar-refractivity contribution in [3.63, 3.8) is 0 Å². The van der Waals surface area contributed by atoms with E-state index in [0.29, 0.717) is 24.0 Å². The van der Waals surface area contributed by atoms with Crippen molar-refractivity contribution < 1.29 is 9.59 Å². The van der Waals surface area contributed by atoms with Crippen LogP contribution in [0.4, 0.5) is 0 Å². The van der Waals surface area contributed by atoms with Gasteiger partial charge in [-0.3, -0.25) is 9.59 Å². The van der Waals surface area contributed by atoms with E-state index >= 15 is 0 Å². The highest BCUT2D eigenvalue weighted by atomic mass is 32.2. The van der Waals surface area contributed by atoms with Crippen LogP contribution in [0.25, 0.3) is 0 Å². The second kappa shape index (κ2) is 10.7. The maximum atomic E-state index is 11.5. The normalized spacial score (nSPS) is 12.7. The molecule has 18 heavy (non-hydrogen) atoms. The van der Waals surface area contributed by atoms with Gasteiger partial charge in [-0.25, -0.2) is 0 Å². The average Bonchev–Trinajstić information content (AvgIpc) is 2.23. The Balaban J connectivity index is 3.44. The molecule has 2 N–H and O–H groups in total. The van der Waals surface area contributed by atoms with E-state index in [4.69, 9.17) is 5.73 Å². The average molecular weight is 291 g/mol. The highest BCUT2D eigenvalue weighted by Gasteiger charge is 2.08. The molecule has 0 radical (unpaired) electrons. The van der Waals surface area contributed by atoms with Crippen LogP contribution in [-0.4, -0.2) is 22.0 Å². The van der Waals surface area contributed by atoms with Crippen LogP contribution in [0, 0.1) is 5.92 Å². The molecule has 0 aromatic rings. The Bertz CT molecular complexity index is 257. The topological polar surface area (TPSA) is 60.2 Å². The van der Waals surface area contributed by atoms with Gasteiger partial charge in [0.05, 0.1) is 0 Å². The molecule has 5 heteroatoms. The van der Waals surface area contributed by atoms with Gasteiger partial charge >= 0.3 is 0 Å². The van der Waals surface area contributed by atoms with Gasteiger partial charge in [0.1, 0.15) is 0 Å². The van der Waals surface area contributed by atoms with Crippen molar-refractivity contribution in [2.24, 2.45) is 11.7 Å². The quantitative estimate of drug-likeness (QED) is 0.480. The second-order valence-corrected chi connectivity index (χ2v) is 6.86. The highest BCUT2D eigenvalue weighted by molar-refractivity contribution is 8.13. The number of rotatable bonds is 10. The summed E-state index contributed by atoms with van der Waals surface area (Å²) < 4.78 is 0. The van der Waals surface area contributed by atoms with Crippen molar-refractivity contribution >= 4 is 35.4 Å². The van der Waals surface area contributed by atoms with E-state index in [0.717, 1.165) is 31.4 Å². The van der Waals surface area contributed by atoms with Crippen LogP contribution in [0.1, 0.15) is 52.4 Å². The zero-order valence-corrected chi connectivity index (χ0v) is 13.1. The Kier molecular flexibility index (Phi) is 10.6. The predicted octanol–water partition coefficient (Wildman–Crippen LogP) is 3.03. The summed E-state index contributed by atoms with van der Waals surface area (Å²) in [4.78, 5) is 22.0. The number of carbonyl (C=O) groups excluding carboxylic acids is 2. The summed E-state index contributed by atoms with van der Waals surface area (Å²) in [7, 11) is 0. The molecule has 0 fully saturated rings. The van der Waals surface area contributed by atoms with Crippen LogP contribution >= 0.6 is 24.4 Å². The molecule has 1 amide bonds. The van der Waals surface area contributed by atoms with Crippen LogP contribution in [0.5, 0.6) is 0 Å². The second-order valence-electron chi connectivity index (χ2n) is 4.97. The highest BCUT2D eigenvalue weighted by Crippen LogP contribution is 2.17. The molecule has 1 atom stereocenters. The molecule has 0 saturated heterocycles. The molecule has 0 aliphatic heterocycles. The summed E-state index contributed by atoms with van der Waals surface area (Å²) in [5.74, 6) is 1.04. The molecule has 1 unspecified atom stereocenters. The summed E-state index contributed by atoms with van der Waals surface area (Å²) in [6.07, 6.45) is 4.85. The molecular weight excluding hydrogens is 266 g/mol. The molecule has 0 heterocycles. The van der Waals surface area contributed by atoms with Crippen LogP contribution in [0.3, 0.4) is 0 Å². The standard InChI is InChI=1S/C13H25NO2S2/c1-10(2)9-13(16)18-8-7-11(17)5-3-4-6-12(14)15/h10-11,17H,3-9H2,1-2H3,(H2,14,15). The summed E-state index contributed by atoms with van der Waals surface area (Å²) in [5, 5.41) is 0.594. The van der Waals surface area contributed by atoms with E-state index in [-0.39, 0.29) is 11.0 Å². The van der Waals surface area contributed by atoms with Crippen molar-refractivity contribution in [2.45, 2.75) is 57.6 Å². The smallest absolute Gasteiger partial charge is 0.217 e. The fourth-order valence-corrected chi connectivity index (χ4v) is 3.09. The van der Waals surface area contributed by atoms with Crippen LogP contribution < -0.4 is 5.73 Å². The number of nitrogens with two attached hydrogens (primary N) is 1. The van der Waals surface area contributed by atoms with Crippen molar-refractivity contribution in [2.75, 3.05) is 5.75 Å². The Morgan fingerprint density at radius 3 is 2.44 bits per heavy atom. The number of thioether (sulfide) groups is 1. The molecule has 0 aromatic heterocycles. The van der Waals surface area contributed by atoms with Gasteiger partial charge in [-0.15, -0.1) is 0 Å². The minimum Gasteiger partial charge on any atom is -0.370 e. The Morgan fingerprint density at radius 1 is 1.22 bits per heavy atom. The molecule has 0 aliphatic carbocycles. The monoisotopic (exact) mass is 291 g/mol. The molecular formula is C13H25NO2S2. The van der Waals surface area contributed by atoms with E-state index in [2.05, 4.69) is 26.5 Å². The van der Waals surface area contributed by atoms with Crippen molar-refractivity contribution in [1.29, 1.82) is 0 Å². The molecule has 0 aromatic carbocycles. The van der Waals surface area contributed by atoms with Gasteiger partial charge < -0.3 is 5.73 Å². The first-order valence-electron chi connectivity index (χ1n) is 6.53. The Morgan fingerprint density at radius 2 is 1.89 bits per heavy atom. The summed E-state index contributed by atoms with van der Waals surface area (Å²) in [6.45, 7) is 4.11. The first-order valence-corrected chi connectivity index (χ1v) is 8.04. The van der Waals surface area contributed by atoms with Crippen molar-refractivity contribution in [3.05, 3.63) is 0 Å². The maximum Gasteiger partial charge on any atom is 0.217 e. The molecule has 0 spiro atoms. The first kappa shape index (κ1) is 17.8. The predicted molar refractivity (Wildman–Crippen MR) is 82.0 cm³/mol. The first-order chi connectivity index (χ1) is 8.41. The zero-order valence-electron chi connectivity index (χ0n) is 11.4. The lowest BCUT2D eigenvalue weighted by atomic mass is 10.1. The molecule has 3 nitrogen and oxygen atoms in total. The van der Waals surface area contributed by atoms with Crippen LogP contribution in [-0.2, 0) is 9.59 Å². The number of hydrogen-bond donors (Lipinski definition) is 2. The third kappa shape index (κ3) is 12.3. The largest absolute Gasteiger partial charge is 0.370 e. The summed E-state index contributed by atoms with van der Waals surface area (Å²) >= 11 is 5.90. The van der Waals surface area contributed by atoms with Crippen LogP contribution in [0.15, 0.2) is 0 Å². The lowest BCUT2D eigenvalue weighted by Crippen LogP contribution is -2.10. The van der Waals surface area contributed by atoms with Gasteiger partial charge in [-0.05, 0) is 25.2 Å². The minimum atomic E-state index is -0.236. The van der Waals surface area contributed by atoms with Gasteiger partial charge in [-0.1, -0.05) is 32.0 Å². The number of primary amides is 1. The van der Waals surface area contributed by atoms with Crippen LogP contribution in [0.2, 0.25) is 0 Å².